The number of hydrogen-bond donors (Lipinski definition) is 1. The van der Waals surface area contributed by atoms with Crippen LogP contribution in [0.25, 0.3) is 0 Å². The largest absolute Gasteiger partial charge is 0.396 e. The summed E-state index contributed by atoms with van der Waals surface area (Å²) >= 11 is 0. The number of hydrogen-bond acceptors (Lipinski definition) is 1. The molecule has 0 amide bonds. The van der Waals surface area contributed by atoms with Gasteiger partial charge in [0, 0.05) is 0 Å². The molecule has 0 bridgehead atoms. The Bertz CT molecular complexity index is 292. The van der Waals surface area contributed by atoms with E-state index in [1.54, 1.807) is 12.1 Å². The lowest BCUT2D eigenvalue weighted by Crippen LogP contribution is -1.93. The minimum Gasteiger partial charge on any atom is -0.396 e. The molecule has 0 aliphatic heterocycles. The second kappa shape index (κ2) is 2.77. The van der Waals surface area contributed by atoms with E-state index in [9.17, 15) is 4.39 Å². The van der Waals surface area contributed by atoms with Gasteiger partial charge in [-0.15, -0.1) is 0 Å². The number of halogens is 1. The topological polar surface area (TPSA) is 26.0 Å². The molecule has 0 spiro atoms. The Hall–Kier alpha value is -1.05. The fourth-order valence-corrected chi connectivity index (χ4v) is 1.35. The van der Waals surface area contributed by atoms with E-state index in [1.165, 1.54) is 12.8 Å². The molecular weight excluding hydrogens is 153 g/mol. The van der Waals surface area contributed by atoms with E-state index in [4.69, 9.17) is 5.73 Å². The lowest BCUT2D eigenvalue weighted by Gasteiger charge is -2.00. The molecule has 2 N–H and O–H groups in total. The van der Waals surface area contributed by atoms with Gasteiger partial charge in [-0.2, -0.15) is 0 Å². The molecule has 1 nitrogen and oxygen atoms in total. The normalized spacial score (nSPS) is 16.4. The summed E-state index contributed by atoms with van der Waals surface area (Å²) in [4.78, 5) is 0. The van der Waals surface area contributed by atoms with Crippen molar-refractivity contribution in [3.8, 4) is 0 Å². The van der Waals surface area contributed by atoms with Crippen molar-refractivity contribution in [2.24, 2.45) is 5.92 Å². The molecule has 1 aromatic carbocycles. The van der Waals surface area contributed by atoms with Crippen molar-refractivity contribution in [3.63, 3.8) is 0 Å². The zero-order chi connectivity index (χ0) is 8.55. The molecule has 1 aliphatic carbocycles. The van der Waals surface area contributed by atoms with Crippen molar-refractivity contribution in [2.45, 2.75) is 19.3 Å². The van der Waals surface area contributed by atoms with Crippen molar-refractivity contribution < 1.29 is 4.39 Å². The molecule has 64 valence electrons. The van der Waals surface area contributed by atoms with Crippen LogP contribution in [-0.4, -0.2) is 0 Å². The van der Waals surface area contributed by atoms with Crippen LogP contribution in [0.1, 0.15) is 18.4 Å². The molecule has 0 atom stereocenters. The van der Waals surface area contributed by atoms with Gasteiger partial charge in [0.2, 0.25) is 0 Å². The Labute approximate surface area is 71.4 Å². The molecular formula is C10H12FN. The molecule has 1 saturated carbocycles. The number of anilines is 1. The van der Waals surface area contributed by atoms with Gasteiger partial charge >= 0.3 is 0 Å². The maximum Gasteiger partial charge on any atom is 0.146 e. The summed E-state index contributed by atoms with van der Waals surface area (Å²) in [7, 11) is 0. The summed E-state index contributed by atoms with van der Waals surface area (Å²) in [5.74, 6) is 0.515. The van der Waals surface area contributed by atoms with Gasteiger partial charge < -0.3 is 5.73 Å². The van der Waals surface area contributed by atoms with Crippen molar-refractivity contribution in [1.29, 1.82) is 0 Å². The Morgan fingerprint density at radius 3 is 2.75 bits per heavy atom. The fourth-order valence-electron chi connectivity index (χ4n) is 1.35. The molecule has 0 heterocycles. The first kappa shape index (κ1) is 7.59. The quantitative estimate of drug-likeness (QED) is 0.669. The van der Waals surface area contributed by atoms with Crippen LogP contribution in [0, 0.1) is 11.7 Å². The van der Waals surface area contributed by atoms with Gasteiger partial charge in [0.25, 0.3) is 0 Å². The van der Waals surface area contributed by atoms with Gasteiger partial charge in [-0.25, -0.2) is 4.39 Å². The lowest BCUT2D eigenvalue weighted by molar-refractivity contribution is 0.629. The first-order chi connectivity index (χ1) is 5.75. The second-order valence-corrected chi connectivity index (χ2v) is 3.50. The highest BCUT2D eigenvalue weighted by Gasteiger charge is 2.21. The van der Waals surface area contributed by atoms with Crippen molar-refractivity contribution >= 4 is 5.69 Å². The number of benzene rings is 1. The summed E-state index contributed by atoms with van der Waals surface area (Å²) in [6, 6.07) is 5.11. The van der Waals surface area contributed by atoms with E-state index in [0.29, 0.717) is 0 Å². The van der Waals surface area contributed by atoms with E-state index in [0.717, 1.165) is 17.9 Å². The second-order valence-electron chi connectivity index (χ2n) is 3.50. The third kappa shape index (κ3) is 1.58. The summed E-state index contributed by atoms with van der Waals surface area (Å²) < 4.78 is 12.9. The highest BCUT2D eigenvalue weighted by Crippen LogP contribution is 2.32. The van der Waals surface area contributed by atoms with Gasteiger partial charge in [-0.3, -0.25) is 0 Å². The van der Waals surface area contributed by atoms with E-state index >= 15 is 0 Å². The molecule has 0 unspecified atom stereocenters. The number of rotatable bonds is 2. The molecule has 2 rings (SSSR count). The molecule has 0 aromatic heterocycles. The fraction of sp³-hybridized carbons (Fsp3) is 0.400. The maximum atomic E-state index is 12.9. The van der Waals surface area contributed by atoms with Crippen molar-refractivity contribution in [2.75, 3.05) is 5.73 Å². The average molecular weight is 165 g/mol. The van der Waals surface area contributed by atoms with Crippen molar-refractivity contribution in [3.05, 3.63) is 29.6 Å². The van der Waals surface area contributed by atoms with Crippen LogP contribution < -0.4 is 5.73 Å². The van der Waals surface area contributed by atoms with E-state index in [2.05, 4.69) is 0 Å². The van der Waals surface area contributed by atoms with E-state index < -0.39 is 0 Å². The smallest absolute Gasteiger partial charge is 0.146 e. The SMILES string of the molecule is Nc1ccc(CC2CC2)cc1F. The predicted molar refractivity (Wildman–Crippen MR) is 47.2 cm³/mol. The van der Waals surface area contributed by atoms with Crippen molar-refractivity contribution in [1.82, 2.24) is 0 Å². The Kier molecular flexibility index (Phi) is 1.75. The predicted octanol–water partition coefficient (Wildman–Crippen LogP) is 2.36. The molecule has 0 saturated heterocycles. The van der Waals surface area contributed by atoms with Gasteiger partial charge in [-0.05, 0) is 42.9 Å². The van der Waals surface area contributed by atoms with Gasteiger partial charge in [0.1, 0.15) is 5.82 Å². The summed E-state index contributed by atoms with van der Waals surface area (Å²) in [5.41, 5.74) is 6.68. The Balaban J connectivity index is 2.15. The molecule has 0 radical (unpaired) electrons. The van der Waals surface area contributed by atoms with Crippen LogP contribution in [0.4, 0.5) is 10.1 Å². The van der Waals surface area contributed by atoms with Crippen LogP contribution in [0.15, 0.2) is 18.2 Å². The van der Waals surface area contributed by atoms with E-state index in [1.807, 2.05) is 6.07 Å². The number of nitrogen functional groups attached to an aromatic ring is 1. The van der Waals surface area contributed by atoms with Crippen LogP contribution >= 0.6 is 0 Å². The summed E-state index contributed by atoms with van der Waals surface area (Å²) in [6.45, 7) is 0. The van der Waals surface area contributed by atoms with Crippen LogP contribution in [0.2, 0.25) is 0 Å². The highest BCUT2D eigenvalue weighted by atomic mass is 19.1. The molecule has 2 heteroatoms. The average Bonchev–Trinajstić information content (AvgIpc) is 2.81. The minimum atomic E-state index is -0.284. The monoisotopic (exact) mass is 165 g/mol. The van der Waals surface area contributed by atoms with Gasteiger partial charge in [0.05, 0.1) is 5.69 Å². The standard InChI is InChI=1S/C10H12FN/c11-9-6-8(3-4-10(9)12)5-7-1-2-7/h3-4,6-7H,1-2,5,12H2. The zero-order valence-electron chi connectivity index (χ0n) is 6.89. The Morgan fingerprint density at radius 1 is 1.42 bits per heavy atom. The molecule has 1 aliphatic rings. The molecule has 1 fully saturated rings. The summed E-state index contributed by atoms with van der Waals surface area (Å²) in [6.07, 6.45) is 3.61. The third-order valence-electron chi connectivity index (χ3n) is 2.29. The minimum absolute atomic E-state index is 0.245. The zero-order valence-corrected chi connectivity index (χ0v) is 6.89. The first-order valence-electron chi connectivity index (χ1n) is 4.29. The third-order valence-corrected chi connectivity index (χ3v) is 2.29. The number of nitrogens with two attached hydrogens (primary N) is 1. The van der Waals surface area contributed by atoms with Gasteiger partial charge in [-0.1, -0.05) is 6.07 Å². The highest BCUT2D eigenvalue weighted by molar-refractivity contribution is 5.41. The van der Waals surface area contributed by atoms with Gasteiger partial charge in [0.15, 0.2) is 0 Å². The first-order valence-corrected chi connectivity index (χ1v) is 4.29. The molecule has 12 heavy (non-hydrogen) atoms. The molecule has 1 aromatic rings. The summed E-state index contributed by atoms with van der Waals surface area (Å²) in [5, 5.41) is 0. The Morgan fingerprint density at radius 2 is 2.17 bits per heavy atom. The maximum absolute atomic E-state index is 12.9. The van der Waals surface area contributed by atoms with Crippen LogP contribution in [0.3, 0.4) is 0 Å². The van der Waals surface area contributed by atoms with Crippen LogP contribution in [-0.2, 0) is 6.42 Å². The van der Waals surface area contributed by atoms with E-state index in [-0.39, 0.29) is 11.5 Å². The lowest BCUT2D eigenvalue weighted by atomic mass is 10.1. The van der Waals surface area contributed by atoms with Crippen LogP contribution in [0.5, 0.6) is 0 Å².